The summed E-state index contributed by atoms with van der Waals surface area (Å²) < 4.78 is 37.3. The van der Waals surface area contributed by atoms with Gasteiger partial charge in [0.2, 0.25) is 0 Å². The van der Waals surface area contributed by atoms with Gasteiger partial charge in [-0.05, 0) is 60.8 Å². The molecule has 0 spiro atoms. The van der Waals surface area contributed by atoms with Gasteiger partial charge in [-0.25, -0.2) is 13.8 Å². The number of hydrogen-bond donors (Lipinski definition) is 1. The molecule has 5 aromatic rings. The SMILES string of the molecule is Cc1ccc(-c2nc(CCN)cn2C(c2oc3cc(F)ccc3c(=O)c2Cc2cccc(C#N)c2)C(C)C)cc1F. The maximum atomic E-state index is 14.7. The highest BCUT2D eigenvalue weighted by atomic mass is 19.1. The molecule has 41 heavy (non-hydrogen) atoms. The summed E-state index contributed by atoms with van der Waals surface area (Å²) in [5, 5.41) is 9.69. The van der Waals surface area contributed by atoms with Gasteiger partial charge < -0.3 is 14.7 Å². The number of nitrogens with zero attached hydrogens (tertiary/aromatic N) is 3. The summed E-state index contributed by atoms with van der Waals surface area (Å²) in [6.45, 7) is 6.04. The smallest absolute Gasteiger partial charge is 0.196 e. The average Bonchev–Trinajstić information content (AvgIpc) is 3.35. The van der Waals surface area contributed by atoms with Crippen molar-refractivity contribution in [2.24, 2.45) is 11.7 Å². The van der Waals surface area contributed by atoms with Crippen LogP contribution in [0.2, 0.25) is 0 Å². The van der Waals surface area contributed by atoms with Gasteiger partial charge in [-0.2, -0.15) is 5.26 Å². The molecule has 8 heteroatoms. The van der Waals surface area contributed by atoms with E-state index >= 15 is 0 Å². The molecule has 0 amide bonds. The number of fused-ring (bicyclic) bond motifs is 1. The zero-order valence-electron chi connectivity index (χ0n) is 23.1. The Kier molecular flexibility index (Phi) is 7.82. The second-order valence-corrected chi connectivity index (χ2v) is 10.6. The Labute approximate surface area is 236 Å². The number of aryl methyl sites for hydroxylation is 1. The largest absolute Gasteiger partial charge is 0.458 e. The van der Waals surface area contributed by atoms with Gasteiger partial charge in [0, 0.05) is 36.2 Å². The molecule has 5 rings (SSSR count). The van der Waals surface area contributed by atoms with E-state index in [1.165, 1.54) is 24.3 Å². The highest BCUT2D eigenvalue weighted by molar-refractivity contribution is 5.77. The molecular formula is C33H30F2N4O2. The first kappa shape index (κ1) is 27.9. The number of aromatic nitrogens is 2. The fourth-order valence-corrected chi connectivity index (χ4v) is 5.20. The Hall–Kier alpha value is -4.61. The van der Waals surface area contributed by atoms with Crippen molar-refractivity contribution in [3.05, 3.63) is 122 Å². The van der Waals surface area contributed by atoms with Gasteiger partial charge in [0.05, 0.1) is 28.8 Å². The third-order valence-electron chi connectivity index (χ3n) is 7.23. The topological polar surface area (TPSA) is 97.8 Å². The van der Waals surface area contributed by atoms with Gasteiger partial charge in [-0.15, -0.1) is 0 Å². The minimum absolute atomic E-state index is 0.123. The van der Waals surface area contributed by atoms with Crippen LogP contribution in [0, 0.1) is 35.8 Å². The molecule has 208 valence electrons. The Bertz CT molecular complexity index is 1850. The van der Waals surface area contributed by atoms with Gasteiger partial charge in [0.1, 0.15) is 28.8 Å². The summed E-state index contributed by atoms with van der Waals surface area (Å²) in [5.74, 6) is -0.140. The van der Waals surface area contributed by atoms with Crippen LogP contribution in [0.3, 0.4) is 0 Å². The van der Waals surface area contributed by atoms with Crippen molar-refractivity contribution in [2.45, 2.75) is 39.7 Å². The van der Waals surface area contributed by atoms with E-state index in [2.05, 4.69) is 6.07 Å². The lowest BCUT2D eigenvalue weighted by Gasteiger charge is -2.26. The standard InChI is InChI=1S/C33H30F2N4O2/c1-19(2)30(39-18-25(11-12-36)38-33(39)23-8-7-20(3)28(35)15-23)32-27(14-21-5-4-6-22(13-21)17-37)31(40)26-10-9-24(34)16-29(26)41-32/h4-10,13,15-16,18-19,30H,11-12,14,36H2,1-3H3. The van der Waals surface area contributed by atoms with Crippen molar-refractivity contribution in [2.75, 3.05) is 6.54 Å². The maximum Gasteiger partial charge on any atom is 0.196 e. The lowest BCUT2D eigenvalue weighted by Crippen LogP contribution is -2.23. The van der Waals surface area contributed by atoms with E-state index in [0.717, 1.165) is 5.56 Å². The number of halogens is 2. The molecule has 0 saturated carbocycles. The van der Waals surface area contributed by atoms with Crippen LogP contribution in [-0.2, 0) is 12.8 Å². The van der Waals surface area contributed by atoms with Crippen LogP contribution in [0.4, 0.5) is 8.78 Å². The van der Waals surface area contributed by atoms with E-state index < -0.39 is 11.9 Å². The summed E-state index contributed by atoms with van der Waals surface area (Å²) >= 11 is 0. The van der Waals surface area contributed by atoms with Crippen molar-refractivity contribution in [3.63, 3.8) is 0 Å². The van der Waals surface area contributed by atoms with E-state index in [1.807, 2.05) is 30.7 Å². The molecule has 0 fully saturated rings. The number of nitrogens with two attached hydrogens (primary N) is 1. The summed E-state index contributed by atoms with van der Waals surface area (Å²) in [6, 6.07) is 17.5. The number of rotatable bonds is 8. The van der Waals surface area contributed by atoms with Gasteiger partial charge in [-0.1, -0.05) is 38.1 Å². The van der Waals surface area contributed by atoms with Crippen molar-refractivity contribution >= 4 is 11.0 Å². The van der Waals surface area contributed by atoms with Gasteiger partial charge >= 0.3 is 0 Å². The lowest BCUT2D eigenvalue weighted by atomic mass is 9.92. The molecule has 2 heterocycles. The fourth-order valence-electron chi connectivity index (χ4n) is 5.20. The lowest BCUT2D eigenvalue weighted by molar-refractivity contribution is 0.359. The molecule has 2 aromatic heterocycles. The summed E-state index contributed by atoms with van der Waals surface area (Å²) in [5.41, 5.74) is 9.14. The summed E-state index contributed by atoms with van der Waals surface area (Å²) in [7, 11) is 0. The molecule has 0 saturated heterocycles. The minimum atomic E-state index is -0.553. The monoisotopic (exact) mass is 552 g/mol. The van der Waals surface area contributed by atoms with Gasteiger partial charge in [-0.3, -0.25) is 4.79 Å². The molecule has 0 aliphatic rings. The minimum Gasteiger partial charge on any atom is -0.458 e. The maximum absolute atomic E-state index is 14.7. The van der Waals surface area contributed by atoms with E-state index in [1.54, 1.807) is 37.3 Å². The zero-order chi connectivity index (χ0) is 29.3. The Morgan fingerprint density at radius 3 is 2.61 bits per heavy atom. The van der Waals surface area contributed by atoms with Crippen LogP contribution in [0.1, 0.15) is 53.6 Å². The van der Waals surface area contributed by atoms with Crippen molar-refractivity contribution in [1.29, 1.82) is 5.26 Å². The van der Waals surface area contributed by atoms with Crippen molar-refractivity contribution in [1.82, 2.24) is 9.55 Å². The first-order valence-electron chi connectivity index (χ1n) is 13.5. The van der Waals surface area contributed by atoms with E-state index in [4.69, 9.17) is 15.1 Å². The summed E-state index contributed by atoms with van der Waals surface area (Å²) in [6.07, 6.45) is 2.56. The van der Waals surface area contributed by atoms with Crippen LogP contribution >= 0.6 is 0 Å². The Morgan fingerprint density at radius 1 is 1.10 bits per heavy atom. The molecule has 6 nitrogen and oxygen atoms in total. The van der Waals surface area contributed by atoms with Crippen molar-refractivity contribution < 1.29 is 13.2 Å². The number of nitriles is 1. The molecule has 2 N–H and O–H groups in total. The van der Waals surface area contributed by atoms with Crippen LogP contribution in [0.5, 0.6) is 0 Å². The molecule has 1 atom stereocenters. The Morgan fingerprint density at radius 2 is 1.90 bits per heavy atom. The fraction of sp³-hybridized carbons (Fsp3) is 0.242. The van der Waals surface area contributed by atoms with Crippen molar-refractivity contribution in [3.8, 4) is 17.5 Å². The quantitative estimate of drug-likeness (QED) is 0.239. The summed E-state index contributed by atoms with van der Waals surface area (Å²) in [4.78, 5) is 18.8. The normalized spacial score (nSPS) is 12.1. The predicted molar refractivity (Wildman–Crippen MR) is 154 cm³/mol. The molecular weight excluding hydrogens is 522 g/mol. The Balaban J connectivity index is 1.79. The first-order chi connectivity index (χ1) is 19.7. The number of benzene rings is 3. The van der Waals surface area contributed by atoms with Crippen LogP contribution in [0.15, 0.2) is 76.1 Å². The molecule has 1 unspecified atom stereocenters. The third-order valence-corrected chi connectivity index (χ3v) is 7.23. The molecule has 0 radical (unpaired) electrons. The molecule has 0 aliphatic carbocycles. The van der Waals surface area contributed by atoms with Crippen LogP contribution in [0.25, 0.3) is 22.4 Å². The van der Waals surface area contributed by atoms with Crippen LogP contribution < -0.4 is 11.2 Å². The first-order valence-corrected chi connectivity index (χ1v) is 13.5. The van der Waals surface area contributed by atoms with Gasteiger partial charge in [0.15, 0.2) is 5.43 Å². The van der Waals surface area contributed by atoms with E-state index in [9.17, 15) is 18.8 Å². The molecule has 0 bridgehead atoms. The van der Waals surface area contributed by atoms with E-state index in [-0.39, 0.29) is 34.6 Å². The second-order valence-electron chi connectivity index (χ2n) is 10.6. The molecule has 0 aliphatic heterocycles. The second kappa shape index (κ2) is 11.5. The highest BCUT2D eigenvalue weighted by Gasteiger charge is 2.30. The van der Waals surface area contributed by atoms with Gasteiger partial charge in [0.25, 0.3) is 0 Å². The average molecular weight is 553 g/mol. The molecule has 3 aromatic carbocycles. The van der Waals surface area contributed by atoms with Crippen LogP contribution in [-0.4, -0.2) is 16.1 Å². The zero-order valence-corrected chi connectivity index (χ0v) is 23.1. The van der Waals surface area contributed by atoms with E-state index in [0.29, 0.717) is 52.5 Å². The third kappa shape index (κ3) is 5.54. The number of imidazole rings is 1. The number of hydrogen-bond acceptors (Lipinski definition) is 5. The predicted octanol–water partition coefficient (Wildman–Crippen LogP) is 6.45. The highest BCUT2D eigenvalue weighted by Crippen LogP contribution is 2.36.